The average Bonchev–Trinajstić information content (AvgIpc) is 2.89. The van der Waals surface area contributed by atoms with Gasteiger partial charge in [0.15, 0.2) is 0 Å². The van der Waals surface area contributed by atoms with Gasteiger partial charge in [0.05, 0.1) is 17.3 Å². The molecule has 0 atom stereocenters. The molecule has 9 heteroatoms. The number of sulfonamides is 1. The van der Waals surface area contributed by atoms with Crippen molar-refractivity contribution in [2.24, 2.45) is 0 Å². The number of piperidine rings is 1. The fourth-order valence-electron chi connectivity index (χ4n) is 4.42. The monoisotopic (exact) mass is 517 g/mol. The largest absolute Gasteiger partial charge is 0.368 e. The van der Waals surface area contributed by atoms with Crippen molar-refractivity contribution in [1.29, 1.82) is 5.26 Å². The number of pyridine rings is 1. The molecule has 0 unspecified atom stereocenters. The topological polar surface area (TPSA) is 115 Å². The number of carbonyl (C=O) groups is 1. The first-order valence-corrected chi connectivity index (χ1v) is 13.8. The summed E-state index contributed by atoms with van der Waals surface area (Å²) in [5.41, 5.74) is 3.34. The molecular formula is C28H31N5O3S. The fourth-order valence-corrected chi connectivity index (χ4v) is 5.48. The van der Waals surface area contributed by atoms with Crippen molar-refractivity contribution in [3.8, 4) is 6.07 Å². The number of amides is 1. The van der Waals surface area contributed by atoms with E-state index in [1.54, 1.807) is 31.2 Å². The molecule has 1 amide bonds. The van der Waals surface area contributed by atoms with Crippen LogP contribution in [0.5, 0.6) is 0 Å². The fraction of sp³-hybridized carbons (Fsp3) is 0.321. The summed E-state index contributed by atoms with van der Waals surface area (Å²) in [6.45, 7) is 6.97. The van der Waals surface area contributed by atoms with Crippen LogP contribution in [0.25, 0.3) is 0 Å². The highest BCUT2D eigenvalue weighted by atomic mass is 32.2. The molecule has 1 aliphatic heterocycles. The van der Waals surface area contributed by atoms with Gasteiger partial charge in [-0.1, -0.05) is 18.2 Å². The molecule has 37 heavy (non-hydrogen) atoms. The quantitative estimate of drug-likeness (QED) is 0.461. The Balaban J connectivity index is 1.43. The summed E-state index contributed by atoms with van der Waals surface area (Å²) < 4.78 is 28.6. The molecule has 1 saturated heterocycles. The number of hydrogen-bond donors (Lipinski definition) is 2. The Bertz CT molecular complexity index is 1400. The van der Waals surface area contributed by atoms with Crippen LogP contribution >= 0.6 is 0 Å². The van der Waals surface area contributed by atoms with E-state index >= 15 is 0 Å². The highest BCUT2D eigenvalue weighted by Crippen LogP contribution is 2.29. The lowest BCUT2D eigenvalue weighted by atomic mass is 9.89. The first-order chi connectivity index (χ1) is 17.7. The summed E-state index contributed by atoms with van der Waals surface area (Å²) in [5, 5.41) is 12.1. The molecule has 3 aromatic rings. The number of benzene rings is 2. The normalized spacial score (nSPS) is 14.3. The van der Waals surface area contributed by atoms with E-state index in [1.807, 2.05) is 43.0 Å². The third kappa shape index (κ3) is 6.27. The van der Waals surface area contributed by atoms with Gasteiger partial charge in [0.1, 0.15) is 10.7 Å². The maximum atomic E-state index is 13.2. The number of aromatic nitrogens is 1. The minimum atomic E-state index is -3.88. The Morgan fingerprint density at radius 3 is 2.38 bits per heavy atom. The number of aryl methyl sites for hydroxylation is 1. The second-order valence-electron chi connectivity index (χ2n) is 9.61. The van der Waals surface area contributed by atoms with Gasteiger partial charge in [-0.25, -0.2) is 13.4 Å². The zero-order valence-corrected chi connectivity index (χ0v) is 22.0. The SMILES string of the molecule is Cc1ccc(C(=O)N2CCC(c3ccc(C#N)cc3)CC2)cc1NS(=O)(=O)c1ccc(NC(C)C)nc1. The second-order valence-corrected chi connectivity index (χ2v) is 11.3. The van der Waals surface area contributed by atoms with Gasteiger partial charge >= 0.3 is 0 Å². The summed E-state index contributed by atoms with van der Waals surface area (Å²) in [7, 11) is -3.88. The molecule has 192 valence electrons. The Morgan fingerprint density at radius 1 is 1.08 bits per heavy atom. The van der Waals surface area contributed by atoms with Gasteiger partial charge in [0, 0.05) is 30.9 Å². The molecule has 0 aliphatic carbocycles. The number of rotatable bonds is 7. The van der Waals surface area contributed by atoms with Crippen molar-refractivity contribution in [1.82, 2.24) is 9.88 Å². The molecular weight excluding hydrogens is 486 g/mol. The predicted octanol–water partition coefficient (Wildman–Crippen LogP) is 4.90. The number of nitrogens with one attached hydrogen (secondary N) is 2. The number of nitrogens with zero attached hydrogens (tertiary/aromatic N) is 3. The third-order valence-corrected chi connectivity index (χ3v) is 7.86. The maximum Gasteiger partial charge on any atom is 0.263 e. The Labute approximate surface area is 218 Å². The lowest BCUT2D eigenvalue weighted by Crippen LogP contribution is -2.38. The van der Waals surface area contributed by atoms with E-state index in [4.69, 9.17) is 5.26 Å². The van der Waals surface area contributed by atoms with E-state index in [-0.39, 0.29) is 16.8 Å². The molecule has 1 aromatic heterocycles. The van der Waals surface area contributed by atoms with Crippen LogP contribution in [0.1, 0.15) is 59.7 Å². The highest BCUT2D eigenvalue weighted by molar-refractivity contribution is 7.92. The van der Waals surface area contributed by atoms with Crippen LogP contribution in [0.3, 0.4) is 0 Å². The number of anilines is 2. The van der Waals surface area contributed by atoms with Gasteiger partial charge < -0.3 is 10.2 Å². The lowest BCUT2D eigenvalue weighted by molar-refractivity contribution is 0.0713. The molecule has 0 saturated carbocycles. The van der Waals surface area contributed by atoms with E-state index in [2.05, 4.69) is 21.1 Å². The van der Waals surface area contributed by atoms with Crippen LogP contribution in [-0.2, 0) is 10.0 Å². The van der Waals surface area contributed by atoms with Gasteiger partial charge in [-0.05, 0) is 87.1 Å². The smallest absolute Gasteiger partial charge is 0.263 e. The summed E-state index contributed by atoms with van der Waals surface area (Å²) >= 11 is 0. The number of nitriles is 1. The van der Waals surface area contributed by atoms with E-state index in [1.165, 1.54) is 17.8 Å². The van der Waals surface area contributed by atoms with Crippen molar-refractivity contribution < 1.29 is 13.2 Å². The van der Waals surface area contributed by atoms with Crippen LogP contribution in [-0.4, -0.2) is 43.3 Å². The molecule has 8 nitrogen and oxygen atoms in total. The van der Waals surface area contributed by atoms with Crippen LogP contribution in [0.15, 0.2) is 65.7 Å². The highest BCUT2D eigenvalue weighted by Gasteiger charge is 2.25. The van der Waals surface area contributed by atoms with Gasteiger partial charge in [-0.3, -0.25) is 9.52 Å². The van der Waals surface area contributed by atoms with Crippen LogP contribution in [0.2, 0.25) is 0 Å². The minimum Gasteiger partial charge on any atom is -0.368 e. The third-order valence-electron chi connectivity index (χ3n) is 6.51. The molecule has 0 bridgehead atoms. The molecule has 2 aromatic carbocycles. The molecule has 2 heterocycles. The summed E-state index contributed by atoms with van der Waals surface area (Å²) in [6, 6.07) is 18.2. The van der Waals surface area contributed by atoms with Crippen LogP contribution in [0.4, 0.5) is 11.5 Å². The van der Waals surface area contributed by atoms with Crippen LogP contribution < -0.4 is 10.0 Å². The summed E-state index contributed by atoms with van der Waals surface area (Å²) in [5.74, 6) is 0.818. The molecule has 2 N–H and O–H groups in total. The van der Waals surface area contributed by atoms with Crippen molar-refractivity contribution >= 4 is 27.4 Å². The van der Waals surface area contributed by atoms with E-state index < -0.39 is 10.0 Å². The van der Waals surface area contributed by atoms with Crippen molar-refractivity contribution in [2.75, 3.05) is 23.1 Å². The number of likely N-dealkylation sites (tertiary alicyclic amines) is 1. The average molecular weight is 518 g/mol. The Morgan fingerprint density at radius 2 is 1.78 bits per heavy atom. The first kappa shape index (κ1) is 26.2. The van der Waals surface area contributed by atoms with Gasteiger partial charge in [-0.15, -0.1) is 0 Å². The standard InChI is InChI=1S/C28H31N5O3S/c1-19(2)31-27-11-10-25(18-30-27)37(35,36)32-26-16-24(7-4-20(26)3)28(34)33-14-12-23(13-15-33)22-8-5-21(17-29)6-9-22/h4-11,16,18-19,23,32H,12-15H2,1-3H3,(H,30,31). The van der Waals surface area contributed by atoms with Crippen molar-refractivity contribution in [3.63, 3.8) is 0 Å². The zero-order chi connectivity index (χ0) is 26.6. The van der Waals surface area contributed by atoms with Gasteiger partial charge in [-0.2, -0.15) is 5.26 Å². The van der Waals surface area contributed by atoms with E-state index in [0.717, 1.165) is 12.8 Å². The van der Waals surface area contributed by atoms with Crippen molar-refractivity contribution in [3.05, 3.63) is 83.0 Å². The number of carbonyl (C=O) groups excluding carboxylic acids is 1. The Hall–Kier alpha value is -3.90. The molecule has 1 aliphatic rings. The summed E-state index contributed by atoms with van der Waals surface area (Å²) in [6.07, 6.45) is 2.98. The van der Waals surface area contributed by atoms with Gasteiger partial charge in [0.25, 0.3) is 15.9 Å². The minimum absolute atomic E-state index is 0.0443. The van der Waals surface area contributed by atoms with E-state index in [9.17, 15) is 13.2 Å². The maximum absolute atomic E-state index is 13.2. The molecule has 0 spiro atoms. The summed E-state index contributed by atoms with van der Waals surface area (Å²) in [4.78, 5) is 19.3. The van der Waals surface area contributed by atoms with Gasteiger partial charge in [0.2, 0.25) is 0 Å². The zero-order valence-electron chi connectivity index (χ0n) is 21.2. The molecule has 1 fully saturated rings. The Kier molecular flexibility index (Phi) is 7.79. The number of hydrogen-bond acceptors (Lipinski definition) is 6. The second kappa shape index (κ2) is 11.0. The van der Waals surface area contributed by atoms with E-state index in [0.29, 0.717) is 47.2 Å². The lowest BCUT2D eigenvalue weighted by Gasteiger charge is -2.32. The molecule has 4 rings (SSSR count). The van der Waals surface area contributed by atoms with Crippen LogP contribution in [0, 0.1) is 18.3 Å². The predicted molar refractivity (Wildman–Crippen MR) is 144 cm³/mol. The van der Waals surface area contributed by atoms with Crippen molar-refractivity contribution in [2.45, 2.75) is 50.5 Å². The molecule has 0 radical (unpaired) electrons. The first-order valence-electron chi connectivity index (χ1n) is 12.3.